The third kappa shape index (κ3) is 41.1. The molecule has 3 N–H and O–H groups in total. The van der Waals surface area contributed by atoms with Gasteiger partial charge in [-0.2, -0.15) is 0 Å². The van der Waals surface area contributed by atoms with Gasteiger partial charge in [0.15, 0.2) is 0 Å². The Morgan fingerprint density at radius 2 is 1.47 bits per heavy atom. The predicted molar refractivity (Wildman–Crippen MR) is 50.9 cm³/mol. The number of rotatable bonds is 6. The molecule has 0 amide bonds. The fourth-order valence-electron chi connectivity index (χ4n) is 1.04. The van der Waals surface area contributed by atoms with Crippen molar-refractivity contribution in [3.63, 3.8) is 0 Å². The summed E-state index contributed by atoms with van der Waals surface area (Å²) in [4.78, 5) is 0. The van der Waals surface area contributed by atoms with Crippen molar-refractivity contribution in [1.29, 1.82) is 0 Å². The van der Waals surface area contributed by atoms with Crippen molar-refractivity contribution in [1.82, 2.24) is 0 Å². The van der Waals surface area contributed by atoms with Gasteiger partial charge in [-0.15, -0.1) is 0 Å². The predicted octanol–water partition coefficient (Wildman–Crippen LogP) is 1.37. The van der Waals surface area contributed by atoms with E-state index in [2.05, 4.69) is 6.92 Å². The van der Waals surface area contributed by atoms with Crippen molar-refractivity contribution in [2.24, 2.45) is 0 Å². The first-order chi connectivity index (χ1) is 6.77. The second kappa shape index (κ2) is 10.5. The van der Waals surface area contributed by atoms with Gasteiger partial charge >= 0.3 is 29.5 Å². The fraction of sp³-hybridized carbons (Fsp3) is 1.00. The minimum absolute atomic E-state index is 0.0957. The molecule has 6 heteroatoms. The molecule has 0 aliphatic heterocycles. The van der Waals surface area contributed by atoms with Crippen molar-refractivity contribution < 1.29 is 34.6 Å². The van der Waals surface area contributed by atoms with Crippen LogP contribution in [0.2, 0.25) is 0 Å². The van der Waals surface area contributed by atoms with Crippen molar-refractivity contribution in [2.75, 3.05) is 0 Å². The van der Waals surface area contributed by atoms with Crippen LogP contribution < -0.4 is 0 Å². The van der Waals surface area contributed by atoms with Gasteiger partial charge in [-0.05, 0) is 13.3 Å². The summed E-state index contributed by atoms with van der Waals surface area (Å²) in [7, 11) is 0. The Kier molecular flexibility index (Phi) is 12.2. The van der Waals surface area contributed by atoms with Crippen LogP contribution >= 0.6 is 0 Å². The van der Waals surface area contributed by atoms with Crippen molar-refractivity contribution in [3.8, 4) is 0 Å². The first kappa shape index (κ1) is 17.4. The van der Waals surface area contributed by atoms with E-state index in [1.165, 1.54) is 32.1 Å². The molecule has 0 saturated carbocycles. The van der Waals surface area contributed by atoms with Crippen LogP contribution in [0.3, 0.4) is 0 Å². The standard InChI is InChI=1S/C9H20O.Cr.2H2O.2O/c1-3-4-5-6-7-8-9(2)10;;;;;/h9-10H,3-8H2,1-2H3;;2*1H2;;/q;+2;;;;/p-2. The van der Waals surface area contributed by atoms with Gasteiger partial charge < -0.3 is 5.11 Å². The van der Waals surface area contributed by atoms with Gasteiger partial charge in [0.1, 0.15) is 0 Å². The summed E-state index contributed by atoms with van der Waals surface area (Å²) in [6.45, 7) is 4.08. The fourth-order valence-corrected chi connectivity index (χ4v) is 1.04. The first-order valence-electron chi connectivity index (χ1n) is 5.15. The third-order valence-corrected chi connectivity index (χ3v) is 1.73. The number of aliphatic hydroxyl groups is 1. The van der Waals surface area contributed by atoms with E-state index in [1.807, 2.05) is 6.92 Å². The molecular formula is C9H22CrO5. The van der Waals surface area contributed by atoms with Crippen LogP contribution in [0.4, 0.5) is 0 Å². The normalized spacial score (nSPS) is 12.9. The summed E-state index contributed by atoms with van der Waals surface area (Å²) >= 11 is -5.25. The number of unbranched alkanes of at least 4 members (excludes halogenated alkanes) is 4. The van der Waals surface area contributed by atoms with E-state index in [-0.39, 0.29) is 6.10 Å². The number of hydrogen-bond acceptors (Lipinski definition) is 3. The van der Waals surface area contributed by atoms with Gasteiger partial charge in [-0.1, -0.05) is 39.0 Å². The quantitative estimate of drug-likeness (QED) is 0.628. The molecule has 0 rings (SSSR count). The topological polar surface area (TPSA) is 94.8 Å². The molecule has 0 heterocycles. The van der Waals surface area contributed by atoms with Crippen molar-refractivity contribution in [2.45, 2.75) is 58.5 Å². The molecule has 0 aromatic heterocycles. The maximum atomic E-state index is 8.91. The van der Waals surface area contributed by atoms with Crippen LogP contribution in [0.5, 0.6) is 0 Å². The molecule has 0 bridgehead atoms. The molecule has 0 radical (unpaired) electrons. The Morgan fingerprint density at radius 3 is 1.80 bits per heavy atom. The zero-order chi connectivity index (χ0) is 12.3. The van der Waals surface area contributed by atoms with Gasteiger partial charge in [0, 0.05) is 0 Å². The van der Waals surface area contributed by atoms with E-state index in [4.69, 9.17) is 21.0 Å². The number of hydrogen-bond donors (Lipinski definition) is 3. The average Bonchev–Trinajstić information content (AvgIpc) is 2.00. The summed E-state index contributed by atoms with van der Waals surface area (Å²) in [5, 5.41) is 8.91. The molecule has 1 unspecified atom stereocenters. The van der Waals surface area contributed by atoms with Gasteiger partial charge in [-0.3, -0.25) is 0 Å². The van der Waals surface area contributed by atoms with E-state index >= 15 is 0 Å². The van der Waals surface area contributed by atoms with Crippen LogP contribution in [-0.2, 0) is 21.2 Å². The molecule has 94 valence electrons. The molecule has 15 heavy (non-hydrogen) atoms. The van der Waals surface area contributed by atoms with E-state index in [9.17, 15) is 0 Å². The molecular weight excluding hydrogens is 240 g/mol. The van der Waals surface area contributed by atoms with E-state index in [1.54, 1.807) is 0 Å². The van der Waals surface area contributed by atoms with Crippen LogP contribution in [0.25, 0.3) is 0 Å². The summed E-state index contributed by atoms with van der Waals surface area (Å²) in [5.41, 5.74) is 0. The molecule has 5 nitrogen and oxygen atoms in total. The maximum absolute atomic E-state index is 8.91. The summed E-state index contributed by atoms with van der Waals surface area (Å²) in [6.07, 6.45) is 7.35. The Hall–Kier alpha value is 0.0125. The molecule has 0 aliphatic rings. The summed E-state index contributed by atoms with van der Waals surface area (Å²) in [6, 6.07) is 0. The number of aliphatic hydroxyl groups excluding tert-OH is 1. The van der Waals surface area contributed by atoms with Crippen molar-refractivity contribution >= 4 is 0 Å². The van der Waals surface area contributed by atoms with Gasteiger partial charge in [0.2, 0.25) is 0 Å². The van der Waals surface area contributed by atoms with Gasteiger partial charge in [0.25, 0.3) is 0 Å². The minimum atomic E-state index is -5.25. The average molecular weight is 262 g/mol. The Bertz CT molecular complexity index is 203. The third-order valence-electron chi connectivity index (χ3n) is 1.73. The second-order valence-corrected chi connectivity index (χ2v) is 4.90. The Morgan fingerprint density at radius 1 is 1.07 bits per heavy atom. The Labute approximate surface area is 93.5 Å². The van der Waals surface area contributed by atoms with E-state index in [0.717, 1.165) is 6.42 Å². The molecule has 0 aromatic rings. The van der Waals surface area contributed by atoms with E-state index in [0.29, 0.717) is 0 Å². The molecule has 0 spiro atoms. The van der Waals surface area contributed by atoms with Crippen LogP contribution in [0.1, 0.15) is 52.4 Å². The SMILES string of the molecule is CCCCCCCC(C)O.[O]=[Cr](=[O])([OH])[OH]. The van der Waals surface area contributed by atoms with Gasteiger partial charge in [0.05, 0.1) is 6.10 Å². The Balaban J connectivity index is 0. The molecule has 0 fully saturated rings. The molecule has 1 atom stereocenters. The summed E-state index contributed by atoms with van der Waals surface area (Å²) in [5.74, 6) is 0. The van der Waals surface area contributed by atoms with Crippen LogP contribution in [0.15, 0.2) is 0 Å². The monoisotopic (exact) mass is 262 g/mol. The molecule has 0 aliphatic carbocycles. The first-order valence-corrected chi connectivity index (χ1v) is 7.33. The zero-order valence-corrected chi connectivity index (χ0v) is 10.7. The summed E-state index contributed by atoms with van der Waals surface area (Å²) < 4.78 is 31.9. The second-order valence-electron chi connectivity index (χ2n) is 3.50. The van der Waals surface area contributed by atoms with Crippen LogP contribution in [-0.4, -0.2) is 19.5 Å². The van der Waals surface area contributed by atoms with Crippen molar-refractivity contribution in [3.05, 3.63) is 0 Å². The van der Waals surface area contributed by atoms with Crippen LogP contribution in [0, 0.1) is 0 Å². The van der Waals surface area contributed by atoms with E-state index < -0.39 is 13.6 Å². The molecule has 0 aromatic carbocycles. The van der Waals surface area contributed by atoms with Gasteiger partial charge in [-0.25, -0.2) is 0 Å². The molecule has 0 saturated heterocycles. The zero-order valence-electron chi connectivity index (χ0n) is 9.39.